The van der Waals surface area contributed by atoms with Crippen molar-refractivity contribution in [2.24, 2.45) is 4.99 Å². The van der Waals surface area contributed by atoms with Crippen LogP contribution in [0, 0.1) is 0 Å². The topological polar surface area (TPSA) is 61.8 Å². The van der Waals surface area contributed by atoms with Gasteiger partial charge in [0, 0.05) is 23.1 Å². The SMILES string of the molecule is CN1C(=O)[C@@H](NC(=O)[C@@H](Cc2ccc(Cl)c(Cl)c2)c2cccs2)N=C(c2ccccc2)c2ccccc21. The Labute approximate surface area is 229 Å². The molecular weight excluding hydrogens is 525 g/mol. The number of nitrogens with one attached hydrogen (secondary N) is 1. The van der Waals surface area contributed by atoms with Gasteiger partial charge in [0.05, 0.1) is 27.4 Å². The van der Waals surface area contributed by atoms with Crippen molar-refractivity contribution in [2.45, 2.75) is 18.5 Å². The lowest BCUT2D eigenvalue weighted by Crippen LogP contribution is -2.47. The molecule has 1 aromatic heterocycles. The Kier molecular flexibility index (Phi) is 7.42. The van der Waals surface area contributed by atoms with Gasteiger partial charge in [-0.2, -0.15) is 0 Å². The fourth-order valence-corrected chi connectivity index (χ4v) is 5.54. The number of benzodiazepines with no additional fused rings is 1. The third kappa shape index (κ3) is 5.32. The number of amides is 2. The van der Waals surface area contributed by atoms with E-state index in [1.165, 1.54) is 11.3 Å². The molecule has 8 heteroatoms. The van der Waals surface area contributed by atoms with Gasteiger partial charge in [-0.05, 0) is 41.6 Å². The number of hydrogen-bond acceptors (Lipinski definition) is 4. The summed E-state index contributed by atoms with van der Waals surface area (Å²) in [6, 6.07) is 26.5. The number of rotatable bonds is 6. The van der Waals surface area contributed by atoms with Crippen LogP contribution in [0.15, 0.2) is 95.3 Å². The number of aliphatic imine (C=N–C) groups is 1. The molecule has 2 atom stereocenters. The molecule has 0 spiro atoms. The summed E-state index contributed by atoms with van der Waals surface area (Å²) < 4.78 is 0. The highest BCUT2D eigenvalue weighted by Gasteiger charge is 2.33. The quantitative estimate of drug-likeness (QED) is 0.306. The second-order valence-corrected chi connectivity index (χ2v) is 10.5. The molecule has 37 heavy (non-hydrogen) atoms. The predicted molar refractivity (Wildman–Crippen MR) is 151 cm³/mol. The highest BCUT2D eigenvalue weighted by Crippen LogP contribution is 2.30. The normalized spacial score (nSPS) is 16.0. The van der Waals surface area contributed by atoms with Crippen molar-refractivity contribution >= 4 is 57.8 Å². The molecule has 2 heterocycles. The maximum atomic E-state index is 13.7. The van der Waals surface area contributed by atoms with E-state index in [0.717, 1.165) is 27.3 Å². The minimum atomic E-state index is -1.09. The molecule has 4 aromatic rings. The van der Waals surface area contributed by atoms with E-state index in [9.17, 15) is 9.59 Å². The molecule has 0 unspecified atom stereocenters. The van der Waals surface area contributed by atoms with Gasteiger partial charge in [0.1, 0.15) is 0 Å². The smallest absolute Gasteiger partial charge is 0.272 e. The van der Waals surface area contributed by atoms with Crippen molar-refractivity contribution in [1.29, 1.82) is 0 Å². The van der Waals surface area contributed by atoms with Gasteiger partial charge in [-0.3, -0.25) is 9.59 Å². The number of likely N-dealkylation sites (N-methyl/N-ethyl adjacent to an activating group) is 1. The van der Waals surface area contributed by atoms with E-state index >= 15 is 0 Å². The summed E-state index contributed by atoms with van der Waals surface area (Å²) in [7, 11) is 1.70. The molecule has 2 amide bonds. The third-order valence-corrected chi connectivity index (χ3v) is 8.02. The van der Waals surface area contributed by atoms with Crippen LogP contribution in [-0.4, -0.2) is 30.7 Å². The minimum Gasteiger partial charge on any atom is -0.326 e. The zero-order chi connectivity index (χ0) is 25.9. The molecule has 186 valence electrons. The van der Waals surface area contributed by atoms with E-state index in [1.807, 2.05) is 78.2 Å². The predicted octanol–water partition coefficient (Wildman–Crippen LogP) is 6.34. The summed E-state index contributed by atoms with van der Waals surface area (Å²) in [5.41, 5.74) is 3.94. The van der Waals surface area contributed by atoms with E-state index in [0.29, 0.717) is 22.2 Å². The van der Waals surface area contributed by atoms with Crippen LogP contribution in [0.1, 0.15) is 27.5 Å². The Bertz CT molecular complexity index is 1470. The summed E-state index contributed by atoms with van der Waals surface area (Å²) in [5.74, 6) is -1.13. The first-order chi connectivity index (χ1) is 17.9. The van der Waals surface area contributed by atoms with Crippen LogP contribution in [0.3, 0.4) is 0 Å². The molecule has 0 saturated carbocycles. The highest BCUT2D eigenvalue weighted by atomic mass is 35.5. The molecular formula is C29H23Cl2N3O2S. The van der Waals surface area contributed by atoms with Gasteiger partial charge < -0.3 is 10.2 Å². The number of para-hydroxylation sites is 1. The number of hydrogen-bond donors (Lipinski definition) is 1. The number of anilines is 1. The highest BCUT2D eigenvalue weighted by molar-refractivity contribution is 7.10. The van der Waals surface area contributed by atoms with Gasteiger partial charge >= 0.3 is 0 Å². The van der Waals surface area contributed by atoms with Crippen molar-refractivity contribution in [3.8, 4) is 0 Å². The van der Waals surface area contributed by atoms with Crippen molar-refractivity contribution in [3.05, 3.63) is 122 Å². The fraction of sp³-hybridized carbons (Fsp3) is 0.138. The molecule has 0 saturated heterocycles. The Balaban J connectivity index is 1.51. The second kappa shape index (κ2) is 10.9. The maximum Gasteiger partial charge on any atom is 0.272 e. The molecule has 1 aliphatic heterocycles. The van der Waals surface area contributed by atoms with Crippen molar-refractivity contribution in [3.63, 3.8) is 0 Å². The van der Waals surface area contributed by atoms with Gasteiger partial charge in [0.25, 0.3) is 5.91 Å². The van der Waals surface area contributed by atoms with Crippen molar-refractivity contribution in [2.75, 3.05) is 11.9 Å². The molecule has 5 nitrogen and oxygen atoms in total. The summed E-state index contributed by atoms with van der Waals surface area (Å²) in [4.78, 5) is 34.5. The maximum absolute atomic E-state index is 13.7. The zero-order valence-electron chi connectivity index (χ0n) is 19.9. The zero-order valence-corrected chi connectivity index (χ0v) is 22.2. The van der Waals surface area contributed by atoms with E-state index in [-0.39, 0.29) is 11.8 Å². The van der Waals surface area contributed by atoms with Crippen LogP contribution in [0.5, 0.6) is 0 Å². The third-order valence-electron chi connectivity index (χ3n) is 6.30. The lowest BCUT2D eigenvalue weighted by Gasteiger charge is -2.23. The lowest BCUT2D eigenvalue weighted by atomic mass is 9.96. The standard InChI is InChI=1S/C29H23Cl2N3O2S/c1-34-24-11-6-5-10-20(24)26(19-8-3-2-4-9-19)32-27(29(34)36)33-28(35)21(25-12-7-15-37-25)16-18-13-14-22(30)23(31)17-18/h2-15,17,21,27H,16H2,1H3,(H,33,35)/t21-,27+/m0/s1. The molecule has 0 aliphatic carbocycles. The van der Waals surface area contributed by atoms with Gasteiger partial charge in [-0.15, -0.1) is 11.3 Å². The fourth-order valence-electron chi connectivity index (χ4n) is 4.39. The molecule has 3 aromatic carbocycles. The summed E-state index contributed by atoms with van der Waals surface area (Å²) in [6.07, 6.45) is -0.688. The van der Waals surface area contributed by atoms with Gasteiger partial charge in [0.15, 0.2) is 0 Å². The molecule has 0 fully saturated rings. The van der Waals surface area contributed by atoms with Crippen LogP contribution < -0.4 is 10.2 Å². The van der Waals surface area contributed by atoms with E-state index in [1.54, 1.807) is 24.1 Å². The molecule has 1 aliphatic rings. The van der Waals surface area contributed by atoms with Crippen LogP contribution >= 0.6 is 34.5 Å². The van der Waals surface area contributed by atoms with E-state index < -0.39 is 12.1 Å². The monoisotopic (exact) mass is 547 g/mol. The minimum absolute atomic E-state index is 0.289. The van der Waals surface area contributed by atoms with Crippen LogP contribution in [0.25, 0.3) is 0 Å². The average Bonchev–Trinajstić information content (AvgIpc) is 3.43. The Morgan fingerprint density at radius 3 is 2.49 bits per heavy atom. The molecule has 0 radical (unpaired) electrons. The van der Waals surface area contributed by atoms with Crippen LogP contribution in [-0.2, 0) is 16.0 Å². The number of halogens is 2. The first-order valence-corrected chi connectivity index (χ1v) is 13.3. The van der Waals surface area contributed by atoms with Gasteiger partial charge in [0.2, 0.25) is 12.1 Å². The second-order valence-electron chi connectivity index (χ2n) is 8.69. The van der Waals surface area contributed by atoms with Crippen molar-refractivity contribution < 1.29 is 9.59 Å². The number of fused-ring (bicyclic) bond motifs is 1. The largest absolute Gasteiger partial charge is 0.326 e. The van der Waals surface area contributed by atoms with Gasteiger partial charge in [-0.1, -0.05) is 83.9 Å². The van der Waals surface area contributed by atoms with Crippen LogP contribution in [0.4, 0.5) is 5.69 Å². The lowest BCUT2D eigenvalue weighted by molar-refractivity contribution is -0.128. The molecule has 1 N–H and O–H groups in total. The number of benzene rings is 3. The summed E-state index contributed by atoms with van der Waals surface area (Å²) >= 11 is 13.8. The number of carbonyl (C=O) groups is 2. The number of nitrogens with zero attached hydrogens (tertiary/aromatic N) is 2. The molecule has 5 rings (SSSR count). The van der Waals surface area contributed by atoms with E-state index in [2.05, 4.69) is 5.32 Å². The first kappa shape index (κ1) is 25.2. The van der Waals surface area contributed by atoms with Crippen LogP contribution in [0.2, 0.25) is 10.0 Å². The van der Waals surface area contributed by atoms with E-state index in [4.69, 9.17) is 28.2 Å². The Hall–Kier alpha value is -3.45. The average molecular weight is 548 g/mol. The summed E-state index contributed by atoms with van der Waals surface area (Å²) in [5, 5.41) is 5.75. The first-order valence-electron chi connectivity index (χ1n) is 11.7. The van der Waals surface area contributed by atoms with Gasteiger partial charge in [-0.25, -0.2) is 4.99 Å². The molecule has 0 bridgehead atoms. The Morgan fingerprint density at radius 1 is 1.00 bits per heavy atom. The number of carbonyl (C=O) groups excluding carboxylic acids is 2. The number of thiophene rings is 1. The van der Waals surface area contributed by atoms with Crippen molar-refractivity contribution in [1.82, 2.24) is 5.32 Å². The Morgan fingerprint density at radius 2 is 1.76 bits per heavy atom. The summed E-state index contributed by atoms with van der Waals surface area (Å²) in [6.45, 7) is 0.